The predicted molar refractivity (Wildman–Crippen MR) is 107 cm³/mol. The van der Waals surface area contributed by atoms with Gasteiger partial charge in [-0.05, 0) is 49.7 Å². The van der Waals surface area contributed by atoms with Crippen molar-refractivity contribution in [3.8, 4) is 0 Å². The first-order valence-electron chi connectivity index (χ1n) is 8.03. The van der Waals surface area contributed by atoms with Crippen LogP contribution in [0.1, 0.15) is 28.3 Å². The van der Waals surface area contributed by atoms with Crippen molar-refractivity contribution < 1.29 is 13.2 Å². The molecule has 0 aliphatic carbocycles. The molecule has 0 radical (unpaired) electrons. The fraction of sp³-hybridized carbons (Fsp3) is 0.316. The molecule has 0 aromatic heterocycles. The van der Waals surface area contributed by atoms with Gasteiger partial charge in [0.25, 0.3) is 0 Å². The van der Waals surface area contributed by atoms with Crippen molar-refractivity contribution in [1.82, 2.24) is 10.6 Å². The van der Waals surface area contributed by atoms with Crippen molar-refractivity contribution in [3.05, 3.63) is 64.7 Å². The van der Waals surface area contributed by atoms with E-state index in [-0.39, 0.29) is 29.8 Å². The lowest BCUT2D eigenvalue weighted by atomic mass is 9.93. The Morgan fingerprint density at radius 2 is 1.81 bits per heavy atom. The summed E-state index contributed by atoms with van der Waals surface area (Å²) >= 11 is 0. The molecule has 26 heavy (non-hydrogen) atoms. The van der Waals surface area contributed by atoms with Crippen molar-refractivity contribution in [2.24, 2.45) is 0 Å². The molecule has 2 N–H and O–H groups in total. The summed E-state index contributed by atoms with van der Waals surface area (Å²) in [6.07, 6.45) is 1.18. The molecule has 0 aliphatic rings. The van der Waals surface area contributed by atoms with Crippen LogP contribution in [0.15, 0.2) is 47.4 Å². The molecule has 0 fully saturated rings. The smallest absolute Gasteiger partial charge is 0.234 e. The van der Waals surface area contributed by atoms with Crippen LogP contribution in [0, 0.1) is 13.8 Å². The minimum absolute atomic E-state index is 0. The maximum Gasteiger partial charge on any atom is 0.234 e. The van der Waals surface area contributed by atoms with E-state index in [1.165, 1.54) is 6.26 Å². The molecule has 1 amide bonds. The van der Waals surface area contributed by atoms with Gasteiger partial charge in [0, 0.05) is 6.26 Å². The summed E-state index contributed by atoms with van der Waals surface area (Å²) in [5.41, 5.74) is 3.85. The molecule has 1 atom stereocenters. The minimum atomic E-state index is -3.32. The number of nitrogens with one attached hydrogen (secondary N) is 2. The van der Waals surface area contributed by atoms with E-state index in [1.807, 2.05) is 38.1 Å². The highest BCUT2D eigenvalue weighted by atomic mass is 35.5. The second-order valence-corrected chi connectivity index (χ2v) is 8.25. The SMILES string of the molecule is CNCC(=O)NC(c1cccc(S(C)(=O)=O)c1)c1ccc(C)cc1C.Cl. The Bertz CT molecular complexity index is 882. The van der Waals surface area contributed by atoms with Gasteiger partial charge < -0.3 is 10.6 Å². The number of amides is 1. The van der Waals surface area contributed by atoms with Gasteiger partial charge in [-0.15, -0.1) is 12.4 Å². The van der Waals surface area contributed by atoms with Crippen LogP contribution >= 0.6 is 12.4 Å². The van der Waals surface area contributed by atoms with E-state index >= 15 is 0 Å². The molecule has 7 heteroatoms. The average molecular weight is 397 g/mol. The van der Waals surface area contributed by atoms with Crippen molar-refractivity contribution in [2.45, 2.75) is 24.8 Å². The zero-order valence-corrected chi connectivity index (χ0v) is 17.0. The highest BCUT2D eigenvalue weighted by Crippen LogP contribution is 2.27. The van der Waals surface area contributed by atoms with E-state index in [9.17, 15) is 13.2 Å². The molecule has 0 bridgehead atoms. The Kier molecular flexibility index (Phi) is 7.81. The van der Waals surface area contributed by atoms with Gasteiger partial charge in [0.1, 0.15) is 0 Å². The maximum absolute atomic E-state index is 12.2. The molecule has 1 unspecified atom stereocenters. The molecule has 2 rings (SSSR count). The molecule has 0 aliphatic heterocycles. The van der Waals surface area contributed by atoms with E-state index in [2.05, 4.69) is 10.6 Å². The van der Waals surface area contributed by atoms with Crippen LogP contribution in [0.25, 0.3) is 0 Å². The Labute approximate surface area is 161 Å². The number of likely N-dealkylation sites (N-methyl/N-ethyl adjacent to an activating group) is 1. The molecular weight excluding hydrogens is 372 g/mol. The zero-order chi connectivity index (χ0) is 18.6. The van der Waals surface area contributed by atoms with Gasteiger partial charge >= 0.3 is 0 Å². The van der Waals surface area contributed by atoms with Crippen molar-refractivity contribution >= 4 is 28.2 Å². The molecule has 0 heterocycles. The quantitative estimate of drug-likeness (QED) is 0.786. The summed E-state index contributed by atoms with van der Waals surface area (Å²) < 4.78 is 23.8. The zero-order valence-electron chi connectivity index (χ0n) is 15.4. The van der Waals surface area contributed by atoms with E-state index in [1.54, 1.807) is 25.2 Å². The van der Waals surface area contributed by atoms with Crippen LogP contribution in [0.5, 0.6) is 0 Å². The molecule has 2 aromatic carbocycles. The van der Waals surface area contributed by atoms with Crippen molar-refractivity contribution in [2.75, 3.05) is 19.8 Å². The first kappa shape index (κ1) is 22.2. The molecule has 5 nitrogen and oxygen atoms in total. The summed E-state index contributed by atoms with van der Waals surface area (Å²) in [4.78, 5) is 12.4. The summed E-state index contributed by atoms with van der Waals surface area (Å²) in [7, 11) is -1.62. The lowest BCUT2D eigenvalue weighted by molar-refractivity contribution is -0.120. The highest BCUT2D eigenvalue weighted by Gasteiger charge is 2.20. The molecule has 0 spiro atoms. The number of rotatable bonds is 6. The molecule has 0 saturated heterocycles. The Morgan fingerprint density at radius 3 is 2.38 bits per heavy atom. The average Bonchev–Trinajstić information content (AvgIpc) is 2.53. The van der Waals surface area contributed by atoms with E-state index in [4.69, 9.17) is 0 Å². The first-order valence-corrected chi connectivity index (χ1v) is 9.92. The fourth-order valence-corrected chi connectivity index (χ4v) is 3.46. The summed E-state index contributed by atoms with van der Waals surface area (Å²) in [6.45, 7) is 4.18. The Balaban J connectivity index is 0.00000338. The minimum Gasteiger partial charge on any atom is -0.344 e. The predicted octanol–water partition coefficient (Wildman–Crippen LogP) is 2.55. The lowest BCUT2D eigenvalue weighted by Crippen LogP contribution is -2.35. The monoisotopic (exact) mass is 396 g/mol. The molecular formula is C19H25ClN2O3S. The third-order valence-corrected chi connectivity index (χ3v) is 5.11. The number of sulfone groups is 1. The fourth-order valence-electron chi connectivity index (χ4n) is 2.79. The van der Waals surface area contributed by atoms with Crippen LogP contribution in [0.4, 0.5) is 0 Å². The summed E-state index contributed by atoms with van der Waals surface area (Å²) in [6, 6.07) is 12.3. The Morgan fingerprint density at radius 1 is 1.12 bits per heavy atom. The molecule has 2 aromatic rings. The second kappa shape index (κ2) is 9.16. The number of aryl methyl sites for hydroxylation is 2. The summed E-state index contributed by atoms with van der Waals surface area (Å²) in [5, 5.41) is 5.82. The van der Waals surface area contributed by atoms with E-state index in [0.717, 1.165) is 22.3 Å². The maximum atomic E-state index is 12.2. The molecule has 142 valence electrons. The van der Waals surface area contributed by atoms with Crippen LogP contribution in [0.3, 0.4) is 0 Å². The van der Waals surface area contributed by atoms with Crippen LogP contribution < -0.4 is 10.6 Å². The van der Waals surface area contributed by atoms with Gasteiger partial charge in [-0.1, -0.05) is 35.9 Å². The normalized spacial score (nSPS) is 12.2. The van der Waals surface area contributed by atoms with Gasteiger partial charge in [0.2, 0.25) is 5.91 Å². The van der Waals surface area contributed by atoms with Crippen molar-refractivity contribution in [3.63, 3.8) is 0 Å². The number of benzene rings is 2. The number of hydrogen-bond donors (Lipinski definition) is 2. The number of carbonyl (C=O) groups is 1. The van der Waals surface area contributed by atoms with E-state index < -0.39 is 15.9 Å². The molecule has 0 saturated carbocycles. The number of hydrogen-bond acceptors (Lipinski definition) is 4. The standard InChI is InChI=1S/C19H24N2O3S.ClH/c1-13-8-9-17(14(2)10-13)19(21-18(22)12-20-3)15-6-5-7-16(11-15)25(4,23)24;/h5-11,19-20H,12H2,1-4H3,(H,21,22);1H. The van der Waals surface area contributed by atoms with Gasteiger partial charge in [-0.2, -0.15) is 0 Å². The van der Waals surface area contributed by atoms with Crippen molar-refractivity contribution in [1.29, 1.82) is 0 Å². The Hall–Kier alpha value is -1.89. The largest absolute Gasteiger partial charge is 0.344 e. The van der Waals surface area contributed by atoms with Gasteiger partial charge in [0.15, 0.2) is 9.84 Å². The van der Waals surface area contributed by atoms with E-state index in [0.29, 0.717) is 0 Å². The third kappa shape index (κ3) is 5.56. The highest BCUT2D eigenvalue weighted by molar-refractivity contribution is 7.90. The topological polar surface area (TPSA) is 75.3 Å². The number of carbonyl (C=O) groups excluding carboxylic acids is 1. The summed E-state index contributed by atoms with van der Waals surface area (Å²) in [5.74, 6) is -0.155. The second-order valence-electron chi connectivity index (χ2n) is 6.24. The number of halogens is 1. The van der Waals surface area contributed by atoms with Gasteiger partial charge in [-0.25, -0.2) is 8.42 Å². The van der Waals surface area contributed by atoms with Crippen LogP contribution in [-0.2, 0) is 14.6 Å². The van der Waals surface area contributed by atoms with Crippen LogP contribution in [-0.4, -0.2) is 34.2 Å². The third-order valence-electron chi connectivity index (χ3n) is 4.00. The lowest BCUT2D eigenvalue weighted by Gasteiger charge is -2.22. The van der Waals surface area contributed by atoms with Gasteiger partial charge in [-0.3, -0.25) is 4.79 Å². The van der Waals surface area contributed by atoms with Gasteiger partial charge in [0.05, 0.1) is 17.5 Å². The van der Waals surface area contributed by atoms with Crippen LogP contribution in [0.2, 0.25) is 0 Å². The first-order chi connectivity index (χ1) is 11.7.